The van der Waals surface area contributed by atoms with Gasteiger partial charge < -0.3 is 32.8 Å². The summed E-state index contributed by atoms with van der Waals surface area (Å²) in [6.45, 7) is 24.3. The first-order chi connectivity index (χ1) is 24.5. The molecule has 0 aromatic carbocycles. The van der Waals surface area contributed by atoms with Crippen LogP contribution in [0.3, 0.4) is 0 Å². The maximum Gasteiger partial charge on any atom is 0.263 e. The molecule has 3 rings (SSSR count). The molecule has 0 atom stereocenters. The van der Waals surface area contributed by atoms with Crippen molar-refractivity contribution in [2.45, 2.75) is 95.4 Å². The molecule has 54 heavy (non-hydrogen) atoms. The zero-order valence-corrected chi connectivity index (χ0v) is 36.1. The van der Waals surface area contributed by atoms with Gasteiger partial charge in [0.25, 0.3) is 12.5 Å². The van der Waals surface area contributed by atoms with Crippen molar-refractivity contribution in [2.75, 3.05) is 17.6 Å². The molecule has 0 bridgehead atoms. The van der Waals surface area contributed by atoms with Crippen molar-refractivity contribution in [2.24, 2.45) is 35.0 Å². The number of Topliss-reactive ketones (excluding diaryl/α,β-unsaturated/α-hetero) is 2. The fraction of sp³-hybridized carbons (Fsp3) is 0.500. The molecule has 0 spiro atoms. The predicted octanol–water partition coefficient (Wildman–Crippen LogP) is 7.88. The smallest absolute Gasteiger partial charge is 0.263 e. The average Bonchev–Trinajstić information content (AvgIpc) is 3.33. The number of nitrogen functional groups attached to an aromatic ring is 1. The van der Waals surface area contributed by atoms with Gasteiger partial charge in [0.1, 0.15) is 32.0 Å². The number of anilines is 1. The van der Waals surface area contributed by atoms with Gasteiger partial charge in [-0.05, 0) is 74.6 Å². The minimum absolute atomic E-state index is 0. The summed E-state index contributed by atoms with van der Waals surface area (Å²) < 4.78 is 0.558. The van der Waals surface area contributed by atoms with E-state index in [1.54, 1.807) is 0 Å². The molecule has 0 aliphatic heterocycles. The summed E-state index contributed by atoms with van der Waals surface area (Å²) in [6, 6.07) is 6.15. The van der Waals surface area contributed by atoms with Crippen LogP contribution in [0.4, 0.5) is 5.69 Å². The Morgan fingerprint density at radius 1 is 1.02 bits per heavy atom. The molecule has 9 N–H and O–H groups in total. The fourth-order valence-electron chi connectivity index (χ4n) is 4.41. The lowest BCUT2D eigenvalue weighted by molar-refractivity contribution is -0.126. The number of halogens is 1. The Morgan fingerprint density at radius 3 is 1.91 bits per heavy atom. The quantitative estimate of drug-likeness (QED) is 0.0542. The molecular formula is C38H57BrN8O4S3. The minimum Gasteiger partial charge on any atom is -0.397 e. The standard InChI is InChI=1S/C13H17N3OS.C11H14N2S.C8H14O2.C3H4N2S.C2H4BrNO.CH4/c1-6(2)4-8-5-7(3)9-10(14)11(12(15)17)18-13(9)16-8;1-7(2)4-9-5-8(3)10(6-12)11(14)13-9;1-6(2)4-8(10)5-7(3)9;1-5-2-3(4)6;3-1-2(4)5;/h5-6H,4,14H2,1-3H3,(H2,15,17);5,7H,4H2,1-3H3,(H,13,14);6H,4-5H2,1-3H3;2H2,(H2,4,6);1H2,(H2,4,5);1H4. The number of carbonyl (C=O) groups is 4. The van der Waals surface area contributed by atoms with Crippen LogP contribution in [0.15, 0.2) is 12.1 Å². The van der Waals surface area contributed by atoms with Crippen LogP contribution in [-0.4, -0.2) is 50.2 Å². The topological polar surface area (TPSA) is 229 Å². The first-order valence-electron chi connectivity index (χ1n) is 16.6. The Bertz CT molecular complexity index is 1860. The number of hydrogen-bond acceptors (Lipinski definition) is 10. The third kappa shape index (κ3) is 23.5. The molecule has 0 fully saturated rings. The van der Waals surface area contributed by atoms with Crippen molar-refractivity contribution in [3.8, 4) is 6.07 Å². The van der Waals surface area contributed by atoms with E-state index in [0.717, 1.165) is 45.6 Å². The number of thiophene rings is 1. The molecule has 16 heteroatoms. The molecule has 12 nitrogen and oxygen atoms in total. The summed E-state index contributed by atoms with van der Waals surface area (Å²) in [5.41, 5.74) is 26.0. The van der Waals surface area contributed by atoms with Gasteiger partial charge in [0.2, 0.25) is 5.91 Å². The van der Waals surface area contributed by atoms with Gasteiger partial charge in [0, 0.05) is 23.2 Å². The third-order valence-electron chi connectivity index (χ3n) is 6.27. The Hall–Kier alpha value is -4.09. The van der Waals surface area contributed by atoms with E-state index in [0.29, 0.717) is 44.9 Å². The van der Waals surface area contributed by atoms with Crippen molar-refractivity contribution in [1.29, 1.82) is 5.26 Å². The van der Waals surface area contributed by atoms with E-state index in [4.69, 9.17) is 41.3 Å². The Morgan fingerprint density at radius 2 is 1.56 bits per heavy atom. The molecule has 0 aliphatic rings. The number of nitrogens with two attached hydrogens (primary N) is 4. The van der Waals surface area contributed by atoms with Crippen molar-refractivity contribution in [3.05, 3.63) is 61.1 Å². The summed E-state index contributed by atoms with van der Waals surface area (Å²) in [7, 11) is 0. The number of hydrogen-bond donors (Lipinski definition) is 5. The number of rotatable bonds is 11. The Balaban J connectivity index is -0.000000647. The molecule has 3 aromatic heterocycles. The van der Waals surface area contributed by atoms with Crippen LogP contribution >= 0.6 is 51.7 Å². The van der Waals surface area contributed by atoms with Gasteiger partial charge in [0.15, 0.2) is 4.99 Å². The number of aromatic amines is 1. The summed E-state index contributed by atoms with van der Waals surface area (Å²) in [5.74, 6) is 0.709. The largest absolute Gasteiger partial charge is 0.397 e. The average molecular weight is 866 g/mol. The second-order valence-corrected chi connectivity index (χ2v) is 15.7. The molecule has 0 aliphatic carbocycles. The highest BCUT2D eigenvalue weighted by atomic mass is 79.9. The highest BCUT2D eigenvalue weighted by Gasteiger charge is 2.17. The van der Waals surface area contributed by atoms with E-state index >= 15 is 0 Å². The number of amides is 2. The summed E-state index contributed by atoms with van der Waals surface area (Å²) in [4.78, 5) is 54.1. The molecule has 298 valence electrons. The van der Waals surface area contributed by atoms with E-state index in [1.165, 1.54) is 18.3 Å². The number of pyridine rings is 2. The van der Waals surface area contributed by atoms with Crippen molar-refractivity contribution in [3.63, 3.8) is 0 Å². The number of primary amides is 2. The first-order valence-corrected chi connectivity index (χ1v) is 19.3. The van der Waals surface area contributed by atoms with Gasteiger partial charge in [-0.1, -0.05) is 89.3 Å². The zero-order valence-electron chi connectivity index (χ0n) is 32.0. The lowest BCUT2D eigenvalue weighted by atomic mass is 10.0. The minimum atomic E-state index is -0.486. The molecule has 0 saturated heterocycles. The number of ketones is 2. The second-order valence-electron chi connectivity index (χ2n) is 13.2. The van der Waals surface area contributed by atoms with Crippen molar-refractivity contribution in [1.82, 2.24) is 9.97 Å². The number of thiocarbonyl (C=S) groups is 1. The summed E-state index contributed by atoms with van der Waals surface area (Å²) in [6.07, 6.45) is 2.52. The molecule has 0 unspecified atom stereocenters. The summed E-state index contributed by atoms with van der Waals surface area (Å²) in [5, 5.41) is 9.95. The Kier molecular flexibility index (Phi) is 28.5. The highest BCUT2D eigenvalue weighted by molar-refractivity contribution is 9.09. The van der Waals surface area contributed by atoms with Crippen LogP contribution in [-0.2, 0) is 27.2 Å². The van der Waals surface area contributed by atoms with E-state index in [1.807, 2.05) is 39.8 Å². The number of aromatic nitrogens is 2. The number of nitriles is 1. The number of nitrogens with zero attached hydrogens (tertiary/aromatic N) is 3. The number of alkyl halides is 1. The second kappa shape index (κ2) is 28.4. The van der Waals surface area contributed by atoms with Crippen LogP contribution in [0, 0.1) is 54.1 Å². The molecule has 0 saturated carbocycles. The van der Waals surface area contributed by atoms with Gasteiger partial charge >= 0.3 is 0 Å². The molecule has 3 aromatic rings. The van der Waals surface area contributed by atoms with Gasteiger partial charge in [-0.2, -0.15) is 5.26 Å². The van der Waals surface area contributed by atoms with Crippen LogP contribution in [0.25, 0.3) is 15.1 Å². The van der Waals surface area contributed by atoms with Gasteiger partial charge in [-0.15, -0.1) is 11.3 Å². The fourth-order valence-corrected chi connectivity index (χ4v) is 5.85. The van der Waals surface area contributed by atoms with E-state index in [9.17, 15) is 19.2 Å². The van der Waals surface area contributed by atoms with Gasteiger partial charge in [0.05, 0.1) is 23.0 Å². The summed E-state index contributed by atoms with van der Waals surface area (Å²) >= 11 is 13.6. The highest BCUT2D eigenvalue weighted by Crippen LogP contribution is 2.35. The van der Waals surface area contributed by atoms with E-state index in [-0.39, 0.29) is 48.2 Å². The third-order valence-corrected chi connectivity index (χ3v) is 8.37. The van der Waals surface area contributed by atoms with E-state index < -0.39 is 5.91 Å². The van der Waals surface area contributed by atoms with Crippen molar-refractivity contribution >= 4 is 96.0 Å². The lowest BCUT2D eigenvalue weighted by Crippen LogP contribution is -2.10. The number of carbonyl (C=O) groups excluding carboxylic acids is 4. The lowest BCUT2D eigenvalue weighted by Gasteiger charge is -2.07. The van der Waals surface area contributed by atoms with Crippen LogP contribution < -0.4 is 22.9 Å². The van der Waals surface area contributed by atoms with Crippen LogP contribution in [0.5, 0.6) is 0 Å². The monoisotopic (exact) mass is 864 g/mol. The molecule has 0 radical (unpaired) electrons. The Labute approximate surface area is 343 Å². The van der Waals surface area contributed by atoms with Crippen LogP contribution in [0.2, 0.25) is 0 Å². The maximum atomic E-state index is 11.3. The number of fused-ring (bicyclic) bond motifs is 1. The van der Waals surface area contributed by atoms with Gasteiger partial charge in [-0.25, -0.2) is 11.6 Å². The molecule has 2 amide bonds. The van der Waals surface area contributed by atoms with E-state index in [2.05, 4.69) is 82.5 Å². The van der Waals surface area contributed by atoms with Crippen LogP contribution in [0.1, 0.15) is 106 Å². The van der Waals surface area contributed by atoms with Gasteiger partial charge in [-0.3, -0.25) is 19.2 Å². The number of nitrogens with one attached hydrogen (secondary N) is 1. The number of aryl methyl sites for hydroxylation is 2. The molecular weight excluding hydrogens is 809 g/mol. The first kappa shape index (κ1) is 54.3. The predicted molar refractivity (Wildman–Crippen MR) is 233 cm³/mol. The van der Waals surface area contributed by atoms with Crippen molar-refractivity contribution < 1.29 is 19.2 Å². The number of H-pyrrole nitrogens is 1. The molecule has 3 heterocycles. The maximum absolute atomic E-state index is 11.3. The SMILES string of the molecule is C.CC(=O)CC(=O)CC(C)C.Cc1cc(CC(C)C)[nH]c(=S)c1C#N.Cc1cc(CC(C)C)nc2sc(C(N)=O)c(N)c12.NC(=O)CBr.[C-]#[N+]CC(N)=S. The zero-order chi connectivity index (χ0) is 41.6. The normalized spacial score (nSPS) is 9.69.